The van der Waals surface area contributed by atoms with Crippen molar-refractivity contribution >= 4 is 7.60 Å². The first-order valence-corrected chi connectivity index (χ1v) is 10.0. The number of hydrogen-bond acceptors (Lipinski definition) is 4. The quantitative estimate of drug-likeness (QED) is 0.329. The zero-order chi connectivity index (χ0) is 16.1. The van der Waals surface area contributed by atoms with Crippen molar-refractivity contribution in [3.63, 3.8) is 0 Å². The van der Waals surface area contributed by atoms with Gasteiger partial charge in [-0.05, 0) is 37.5 Å². The van der Waals surface area contributed by atoms with Gasteiger partial charge in [-0.25, -0.2) is 0 Å². The highest BCUT2D eigenvalue weighted by molar-refractivity contribution is 7.53. The third kappa shape index (κ3) is 12.3. The average molecular weight is 322 g/mol. The number of methoxy groups -OCH3 is 1. The van der Waals surface area contributed by atoms with Gasteiger partial charge in [0.15, 0.2) is 0 Å². The number of ether oxygens (including phenoxy) is 1. The first kappa shape index (κ1) is 21.1. The van der Waals surface area contributed by atoms with Crippen LogP contribution in [0.1, 0.15) is 59.8 Å². The summed E-state index contributed by atoms with van der Waals surface area (Å²) in [7, 11) is -1.23. The summed E-state index contributed by atoms with van der Waals surface area (Å²) in [6, 6.07) is 0. The second-order valence-electron chi connectivity index (χ2n) is 6.24. The fourth-order valence-corrected chi connectivity index (χ4v) is 3.78. The van der Waals surface area contributed by atoms with Crippen molar-refractivity contribution in [1.82, 2.24) is 0 Å². The molecule has 0 heterocycles. The molecule has 0 fully saturated rings. The van der Waals surface area contributed by atoms with E-state index in [1.165, 1.54) is 0 Å². The molecule has 0 aliphatic rings. The minimum absolute atomic E-state index is 0.333. The lowest BCUT2D eigenvalue weighted by Gasteiger charge is -2.21. The standard InChI is InChI=1S/C16H35O4P/c1-6-7-13-21(17,19-11-8-9-15(2)3)20-14-16(4)10-12-18-5/h15-16H,6-14H2,1-5H3. The lowest BCUT2D eigenvalue weighted by Crippen LogP contribution is -2.10. The molecule has 128 valence electrons. The molecule has 21 heavy (non-hydrogen) atoms. The van der Waals surface area contributed by atoms with Crippen molar-refractivity contribution in [2.75, 3.05) is 33.1 Å². The van der Waals surface area contributed by atoms with Gasteiger partial charge in [0.05, 0.1) is 19.4 Å². The van der Waals surface area contributed by atoms with Crippen LogP contribution in [0.2, 0.25) is 0 Å². The smallest absolute Gasteiger partial charge is 0.330 e. The summed E-state index contributed by atoms with van der Waals surface area (Å²) in [5, 5.41) is 0. The molecule has 0 aromatic heterocycles. The summed E-state index contributed by atoms with van der Waals surface area (Å²) in [6.07, 6.45) is 5.37. The molecule has 0 saturated heterocycles. The highest BCUT2D eigenvalue weighted by Crippen LogP contribution is 2.49. The maximum Gasteiger partial charge on any atom is 0.330 e. The van der Waals surface area contributed by atoms with Crippen LogP contribution in [0.5, 0.6) is 0 Å². The van der Waals surface area contributed by atoms with E-state index in [9.17, 15) is 4.57 Å². The molecule has 0 rings (SSSR count). The largest absolute Gasteiger partial charge is 0.385 e. The molecule has 0 spiro atoms. The summed E-state index contributed by atoms with van der Waals surface area (Å²) in [4.78, 5) is 0. The van der Waals surface area contributed by atoms with E-state index in [4.69, 9.17) is 13.8 Å². The van der Waals surface area contributed by atoms with Gasteiger partial charge < -0.3 is 13.8 Å². The molecule has 5 heteroatoms. The number of rotatable bonds is 14. The minimum Gasteiger partial charge on any atom is -0.385 e. The first-order valence-electron chi connectivity index (χ1n) is 8.30. The van der Waals surface area contributed by atoms with E-state index in [2.05, 4.69) is 27.7 Å². The molecule has 4 nitrogen and oxygen atoms in total. The third-order valence-electron chi connectivity index (χ3n) is 3.37. The van der Waals surface area contributed by atoms with Crippen molar-refractivity contribution in [2.24, 2.45) is 11.8 Å². The van der Waals surface area contributed by atoms with Gasteiger partial charge in [0.1, 0.15) is 0 Å². The monoisotopic (exact) mass is 322 g/mol. The van der Waals surface area contributed by atoms with Crippen LogP contribution in [0.25, 0.3) is 0 Å². The van der Waals surface area contributed by atoms with E-state index >= 15 is 0 Å². The fourth-order valence-electron chi connectivity index (χ4n) is 1.86. The van der Waals surface area contributed by atoms with Gasteiger partial charge in [0, 0.05) is 13.7 Å². The number of hydrogen-bond donors (Lipinski definition) is 0. The molecule has 2 atom stereocenters. The van der Waals surface area contributed by atoms with Crippen molar-refractivity contribution in [2.45, 2.75) is 59.8 Å². The van der Waals surface area contributed by atoms with E-state index in [0.717, 1.165) is 32.1 Å². The van der Waals surface area contributed by atoms with E-state index in [1.54, 1.807) is 7.11 Å². The van der Waals surface area contributed by atoms with E-state index in [-0.39, 0.29) is 0 Å². The predicted molar refractivity (Wildman–Crippen MR) is 89.0 cm³/mol. The van der Waals surface area contributed by atoms with E-state index in [0.29, 0.717) is 37.8 Å². The topological polar surface area (TPSA) is 44.8 Å². The van der Waals surface area contributed by atoms with Crippen LogP contribution in [-0.4, -0.2) is 33.1 Å². The average Bonchev–Trinajstić information content (AvgIpc) is 2.45. The van der Waals surface area contributed by atoms with Crippen LogP contribution in [0.4, 0.5) is 0 Å². The van der Waals surface area contributed by atoms with Crippen LogP contribution < -0.4 is 0 Å². The Bertz CT molecular complexity index is 281. The van der Waals surface area contributed by atoms with Gasteiger partial charge in [0.2, 0.25) is 0 Å². The normalized spacial score (nSPS) is 16.1. The Morgan fingerprint density at radius 1 is 1.00 bits per heavy atom. The first-order chi connectivity index (χ1) is 9.93. The lowest BCUT2D eigenvalue weighted by atomic mass is 10.1. The molecule has 0 aliphatic heterocycles. The van der Waals surface area contributed by atoms with Gasteiger partial charge in [-0.2, -0.15) is 0 Å². The Morgan fingerprint density at radius 2 is 1.71 bits per heavy atom. The van der Waals surface area contributed by atoms with Crippen LogP contribution in [0, 0.1) is 11.8 Å². The van der Waals surface area contributed by atoms with Gasteiger partial charge in [-0.1, -0.05) is 34.1 Å². The van der Waals surface area contributed by atoms with Crippen molar-refractivity contribution in [3.05, 3.63) is 0 Å². The maximum atomic E-state index is 12.7. The van der Waals surface area contributed by atoms with E-state index in [1.807, 2.05) is 0 Å². The van der Waals surface area contributed by atoms with Crippen LogP contribution >= 0.6 is 7.60 Å². The highest BCUT2D eigenvalue weighted by atomic mass is 31.2. The second-order valence-corrected chi connectivity index (χ2v) is 8.43. The van der Waals surface area contributed by atoms with Crippen molar-refractivity contribution < 1.29 is 18.3 Å². The minimum atomic E-state index is -2.92. The van der Waals surface area contributed by atoms with Crippen molar-refractivity contribution in [3.8, 4) is 0 Å². The zero-order valence-corrected chi connectivity index (χ0v) is 15.5. The summed E-state index contributed by atoms with van der Waals surface area (Å²) in [6.45, 7) is 10.3. The second kappa shape index (κ2) is 12.6. The Labute approximate surface area is 131 Å². The SMILES string of the molecule is CCCCP(=O)(OCCCC(C)C)OCC(C)CCOC. The summed E-state index contributed by atoms with van der Waals surface area (Å²) >= 11 is 0. The molecule has 0 aromatic rings. The van der Waals surface area contributed by atoms with E-state index < -0.39 is 7.60 Å². The molecular weight excluding hydrogens is 287 g/mol. The van der Waals surface area contributed by atoms with Gasteiger partial charge >= 0.3 is 7.60 Å². The summed E-state index contributed by atoms with van der Waals surface area (Å²) in [5.41, 5.74) is 0. The molecule has 0 radical (unpaired) electrons. The summed E-state index contributed by atoms with van der Waals surface area (Å²) < 4.78 is 29.1. The Balaban J connectivity index is 4.17. The van der Waals surface area contributed by atoms with Gasteiger partial charge in [-0.15, -0.1) is 0 Å². The fraction of sp³-hybridized carbons (Fsp3) is 1.00. The Kier molecular flexibility index (Phi) is 12.7. The van der Waals surface area contributed by atoms with Crippen molar-refractivity contribution in [1.29, 1.82) is 0 Å². The van der Waals surface area contributed by atoms with Crippen LogP contribution in [-0.2, 0) is 18.3 Å². The molecule has 0 amide bonds. The molecule has 2 unspecified atom stereocenters. The Hall–Kier alpha value is 0.110. The molecule has 0 aromatic carbocycles. The summed E-state index contributed by atoms with van der Waals surface area (Å²) in [5.74, 6) is 0.984. The molecule has 0 aliphatic carbocycles. The Morgan fingerprint density at radius 3 is 2.29 bits per heavy atom. The third-order valence-corrected chi connectivity index (χ3v) is 5.35. The maximum absolute atomic E-state index is 12.7. The van der Waals surface area contributed by atoms with Gasteiger partial charge in [0.25, 0.3) is 0 Å². The molecule has 0 saturated carbocycles. The van der Waals surface area contributed by atoms with Gasteiger partial charge in [-0.3, -0.25) is 4.57 Å². The van der Waals surface area contributed by atoms with Crippen LogP contribution in [0.15, 0.2) is 0 Å². The highest BCUT2D eigenvalue weighted by Gasteiger charge is 2.24. The van der Waals surface area contributed by atoms with Crippen LogP contribution in [0.3, 0.4) is 0 Å². The zero-order valence-electron chi connectivity index (χ0n) is 14.6. The molecule has 0 N–H and O–H groups in total. The predicted octanol–water partition coefficient (Wildman–Crippen LogP) is 5.12. The molecular formula is C16H35O4P. The molecule has 0 bridgehead atoms. The lowest BCUT2D eigenvalue weighted by molar-refractivity contribution is 0.144. The number of unbranched alkanes of at least 4 members (excludes halogenated alkanes) is 1.